The monoisotopic (exact) mass is 263 g/mol. The molecule has 1 heterocycles. The molecular formula is C14H21N3O2. The van der Waals surface area contributed by atoms with Gasteiger partial charge >= 0.3 is 0 Å². The number of hydrogen-bond acceptors (Lipinski definition) is 4. The van der Waals surface area contributed by atoms with Crippen LogP contribution in [0.4, 0.5) is 5.69 Å². The van der Waals surface area contributed by atoms with Crippen molar-refractivity contribution < 1.29 is 4.92 Å². The van der Waals surface area contributed by atoms with Gasteiger partial charge in [0.05, 0.1) is 4.92 Å². The highest BCUT2D eigenvalue weighted by Crippen LogP contribution is 2.20. The molecule has 5 heteroatoms. The maximum Gasteiger partial charge on any atom is 0.269 e. The minimum absolute atomic E-state index is 0.142. The number of non-ortho nitro benzene ring substituents is 1. The van der Waals surface area contributed by atoms with E-state index in [9.17, 15) is 10.1 Å². The zero-order chi connectivity index (χ0) is 13.7. The van der Waals surface area contributed by atoms with E-state index in [2.05, 4.69) is 17.6 Å². The van der Waals surface area contributed by atoms with Crippen LogP contribution in [-0.4, -0.2) is 24.1 Å². The van der Waals surface area contributed by atoms with Crippen LogP contribution in [-0.2, 0) is 0 Å². The standard InChI is InChI=1S/C14H21N3O2/c1-11(16-13-5-3-8-15-9-7-13)12-4-2-6-14(10-12)17(18)19/h2,4,6,10-11,13,15-16H,3,5,7-9H2,1H3. The summed E-state index contributed by atoms with van der Waals surface area (Å²) in [6.45, 7) is 4.19. The van der Waals surface area contributed by atoms with Crippen molar-refractivity contribution in [3.8, 4) is 0 Å². The Morgan fingerprint density at radius 2 is 2.26 bits per heavy atom. The molecule has 2 unspecified atom stereocenters. The first-order valence-corrected chi connectivity index (χ1v) is 6.88. The molecule has 2 rings (SSSR count). The molecule has 1 fully saturated rings. The van der Waals surface area contributed by atoms with E-state index in [4.69, 9.17) is 0 Å². The molecule has 0 aliphatic carbocycles. The smallest absolute Gasteiger partial charge is 0.269 e. The van der Waals surface area contributed by atoms with Crippen LogP contribution in [0.3, 0.4) is 0 Å². The van der Waals surface area contributed by atoms with Crippen LogP contribution in [0.15, 0.2) is 24.3 Å². The Labute approximate surface area is 113 Å². The van der Waals surface area contributed by atoms with Crippen molar-refractivity contribution in [3.05, 3.63) is 39.9 Å². The highest BCUT2D eigenvalue weighted by Gasteiger charge is 2.16. The Hall–Kier alpha value is -1.46. The average Bonchev–Trinajstić information content (AvgIpc) is 2.67. The predicted molar refractivity (Wildman–Crippen MR) is 75.2 cm³/mol. The molecule has 5 nitrogen and oxygen atoms in total. The molecule has 1 aromatic carbocycles. The number of nitrogens with one attached hydrogen (secondary N) is 2. The molecule has 2 N–H and O–H groups in total. The fourth-order valence-electron chi connectivity index (χ4n) is 2.54. The maximum atomic E-state index is 10.8. The minimum atomic E-state index is -0.341. The van der Waals surface area contributed by atoms with Gasteiger partial charge in [-0.1, -0.05) is 12.1 Å². The van der Waals surface area contributed by atoms with Gasteiger partial charge < -0.3 is 10.6 Å². The Balaban J connectivity index is 2.00. The Morgan fingerprint density at radius 1 is 1.42 bits per heavy atom. The van der Waals surface area contributed by atoms with E-state index in [1.54, 1.807) is 12.1 Å². The second-order valence-corrected chi connectivity index (χ2v) is 5.12. The molecule has 1 aromatic rings. The van der Waals surface area contributed by atoms with Crippen molar-refractivity contribution in [2.75, 3.05) is 13.1 Å². The van der Waals surface area contributed by atoms with Gasteiger partial charge in [-0.05, 0) is 44.8 Å². The maximum absolute atomic E-state index is 10.8. The van der Waals surface area contributed by atoms with Gasteiger partial charge in [0, 0.05) is 24.2 Å². The first kappa shape index (κ1) is 14.0. The zero-order valence-corrected chi connectivity index (χ0v) is 11.3. The van der Waals surface area contributed by atoms with E-state index in [-0.39, 0.29) is 16.7 Å². The highest BCUT2D eigenvalue weighted by atomic mass is 16.6. The molecular weight excluding hydrogens is 242 g/mol. The van der Waals surface area contributed by atoms with E-state index >= 15 is 0 Å². The normalized spacial score (nSPS) is 21.6. The quantitative estimate of drug-likeness (QED) is 0.646. The van der Waals surface area contributed by atoms with E-state index in [1.807, 2.05) is 6.07 Å². The summed E-state index contributed by atoms with van der Waals surface area (Å²) in [7, 11) is 0. The van der Waals surface area contributed by atoms with Gasteiger partial charge in [0.1, 0.15) is 0 Å². The molecule has 19 heavy (non-hydrogen) atoms. The summed E-state index contributed by atoms with van der Waals surface area (Å²) in [5, 5.41) is 17.8. The molecule has 0 radical (unpaired) electrons. The summed E-state index contributed by atoms with van der Waals surface area (Å²) >= 11 is 0. The fraction of sp³-hybridized carbons (Fsp3) is 0.571. The molecule has 0 bridgehead atoms. The molecule has 2 atom stereocenters. The Kier molecular flexibility index (Phi) is 4.87. The van der Waals surface area contributed by atoms with Crippen molar-refractivity contribution >= 4 is 5.69 Å². The molecule has 0 spiro atoms. The number of rotatable bonds is 4. The highest BCUT2D eigenvalue weighted by molar-refractivity contribution is 5.35. The second kappa shape index (κ2) is 6.63. The third-order valence-electron chi connectivity index (χ3n) is 3.64. The average molecular weight is 263 g/mol. The van der Waals surface area contributed by atoms with Crippen LogP contribution in [0, 0.1) is 10.1 Å². The van der Waals surface area contributed by atoms with Crippen molar-refractivity contribution in [1.82, 2.24) is 10.6 Å². The van der Waals surface area contributed by atoms with Crippen molar-refractivity contribution in [2.24, 2.45) is 0 Å². The molecule has 1 aliphatic rings. The largest absolute Gasteiger partial charge is 0.317 e. The van der Waals surface area contributed by atoms with Crippen molar-refractivity contribution in [1.29, 1.82) is 0 Å². The van der Waals surface area contributed by atoms with E-state index in [0.29, 0.717) is 6.04 Å². The summed E-state index contributed by atoms with van der Waals surface area (Å²) in [5.41, 5.74) is 1.14. The number of benzene rings is 1. The lowest BCUT2D eigenvalue weighted by molar-refractivity contribution is -0.384. The van der Waals surface area contributed by atoms with E-state index in [0.717, 1.165) is 31.5 Å². The SMILES string of the molecule is CC(NC1CCCNCC1)c1cccc([N+](=O)[O-])c1. The van der Waals surface area contributed by atoms with Crippen LogP contribution in [0.2, 0.25) is 0 Å². The number of nitro groups is 1. The molecule has 0 aromatic heterocycles. The summed E-state index contributed by atoms with van der Waals surface area (Å²) < 4.78 is 0. The van der Waals surface area contributed by atoms with Gasteiger partial charge in [-0.15, -0.1) is 0 Å². The molecule has 1 aliphatic heterocycles. The third-order valence-corrected chi connectivity index (χ3v) is 3.64. The van der Waals surface area contributed by atoms with E-state index < -0.39 is 0 Å². The van der Waals surface area contributed by atoms with Gasteiger partial charge in [-0.2, -0.15) is 0 Å². The third kappa shape index (κ3) is 4.01. The van der Waals surface area contributed by atoms with Crippen LogP contribution in [0.25, 0.3) is 0 Å². The summed E-state index contributed by atoms with van der Waals surface area (Å²) in [5.74, 6) is 0. The lowest BCUT2D eigenvalue weighted by Crippen LogP contribution is -2.32. The van der Waals surface area contributed by atoms with Gasteiger partial charge in [0.15, 0.2) is 0 Å². The Bertz CT molecular complexity index is 428. The fourth-order valence-corrected chi connectivity index (χ4v) is 2.54. The zero-order valence-electron chi connectivity index (χ0n) is 11.3. The number of nitro benzene ring substituents is 1. The van der Waals surface area contributed by atoms with Crippen LogP contribution >= 0.6 is 0 Å². The van der Waals surface area contributed by atoms with Gasteiger partial charge in [0.25, 0.3) is 5.69 Å². The Morgan fingerprint density at radius 3 is 3.05 bits per heavy atom. The topological polar surface area (TPSA) is 67.2 Å². The lowest BCUT2D eigenvalue weighted by Gasteiger charge is -2.22. The van der Waals surface area contributed by atoms with Crippen LogP contribution in [0.1, 0.15) is 37.8 Å². The number of nitrogens with zero attached hydrogens (tertiary/aromatic N) is 1. The summed E-state index contributed by atoms with van der Waals surface area (Å²) in [6.07, 6.45) is 3.45. The van der Waals surface area contributed by atoms with Gasteiger partial charge in [0.2, 0.25) is 0 Å². The minimum Gasteiger partial charge on any atom is -0.317 e. The molecule has 0 saturated carbocycles. The first-order chi connectivity index (χ1) is 9.16. The molecule has 104 valence electrons. The number of hydrogen-bond donors (Lipinski definition) is 2. The first-order valence-electron chi connectivity index (χ1n) is 6.88. The van der Waals surface area contributed by atoms with Crippen LogP contribution in [0.5, 0.6) is 0 Å². The van der Waals surface area contributed by atoms with Crippen molar-refractivity contribution in [2.45, 2.75) is 38.3 Å². The predicted octanol–water partition coefficient (Wildman–Crippen LogP) is 2.39. The van der Waals surface area contributed by atoms with E-state index in [1.165, 1.54) is 12.5 Å². The van der Waals surface area contributed by atoms with Gasteiger partial charge in [-0.25, -0.2) is 0 Å². The van der Waals surface area contributed by atoms with Gasteiger partial charge in [-0.3, -0.25) is 10.1 Å². The summed E-state index contributed by atoms with van der Waals surface area (Å²) in [4.78, 5) is 10.4. The lowest BCUT2D eigenvalue weighted by atomic mass is 10.0. The molecule has 1 saturated heterocycles. The second-order valence-electron chi connectivity index (χ2n) is 5.12. The van der Waals surface area contributed by atoms with Crippen molar-refractivity contribution in [3.63, 3.8) is 0 Å². The summed E-state index contributed by atoms with van der Waals surface area (Å²) in [6, 6.07) is 7.52. The molecule has 0 amide bonds. The van der Waals surface area contributed by atoms with Crippen LogP contribution < -0.4 is 10.6 Å².